The zero-order valence-corrected chi connectivity index (χ0v) is 13.1. The topological polar surface area (TPSA) is 83.0 Å². The van der Waals surface area contributed by atoms with E-state index >= 15 is 0 Å². The maximum absolute atomic E-state index is 11.9. The lowest BCUT2D eigenvalue weighted by molar-refractivity contribution is -0.140. The van der Waals surface area contributed by atoms with Crippen molar-refractivity contribution in [1.29, 1.82) is 0 Å². The number of furan rings is 1. The second-order valence-electron chi connectivity index (χ2n) is 4.32. The standard InChI is InChI=1S/C16H13N2O4S/c1-20-12-6-4-11(5-7-12)18-15(23)14(9-17)16(19)22-10-13-3-2-8-21-13/h2-8H,10H2,1H3,(H,18,23)/q-1. The van der Waals surface area contributed by atoms with Crippen molar-refractivity contribution in [3.8, 4) is 5.75 Å². The summed E-state index contributed by atoms with van der Waals surface area (Å²) in [6, 6.07) is 10.2. The number of ether oxygens (including phenoxy) is 2. The van der Waals surface area contributed by atoms with Gasteiger partial charge in [0.05, 0.1) is 13.4 Å². The van der Waals surface area contributed by atoms with Crippen LogP contribution >= 0.6 is 12.2 Å². The first kappa shape index (κ1) is 16.5. The fourth-order valence-electron chi connectivity index (χ4n) is 1.66. The zero-order chi connectivity index (χ0) is 16.7. The quantitative estimate of drug-likeness (QED) is 0.380. The summed E-state index contributed by atoms with van der Waals surface area (Å²) in [5.41, 5.74) is 0.352. The van der Waals surface area contributed by atoms with Crippen LogP contribution in [0.25, 0.3) is 5.41 Å². The molecule has 1 heterocycles. The van der Waals surface area contributed by atoms with E-state index in [0.29, 0.717) is 17.2 Å². The molecule has 118 valence electrons. The summed E-state index contributed by atoms with van der Waals surface area (Å²) in [6.07, 6.45) is 1.47. The molecule has 0 amide bonds. The summed E-state index contributed by atoms with van der Waals surface area (Å²) in [6.45, 7) is -0.0673. The molecule has 0 spiro atoms. The molecule has 0 aliphatic carbocycles. The molecule has 0 atom stereocenters. The van der Waals surface area contributed by atoms with E-state index in [9.17, 15) is 4.79 Å². The second-order valence-corrected chi connectivity index (χ2v) is 4.73. The molecule has 2 aromatic rings. The van der Waals surface area contributed by atoms with Crippen molar-refractivity contribution in [2.75, 3.05) is 12.4 Å². The predicted octanol–water partition coefficient (Wildman–Crippen LogP) is 2.94. The second kappa shape index (κ2) is 7.93. The third-order valence-electron chi connectivity index (χ3n) is 2.82. The average Bonchev–Trinajstić information content (AvgIpc) is 3.08. The van der Waals surface area contributed by atoms with Crippen LogP contribution in [0.4, 0.5) is 5.69 Å². The average molecular weight is 329 g/mol. The van der Waals surface area contributed by atoms with Gasteiger partial charge in [-0.25, -0.2) is 4.79 Å². The van der Waals surface area contributed by atoms with E-state index < -0.39 is 5.97 Å². The minimum Gasteiger partial charge on any atom is -0.762 e. The van der Waals surface area contributed by atoms with Crippen LogP contribution in [-0.4, -0.2) is 23.9 Å². The third-order valence-corrected chi connectivity index (χ3v) is 3.12. The summed E-state index contributed by atoms with van der Waals surface area (Å²) >= 11 is 5.08. The first-order valence-corrected chi connectivity index (χ1v) is 6.97. The monoisotopic (exact) mass is 329 g/mol. The van der Waals surface area contributed by atoms with Gasteiger partial charge in [0, 0.05) is 5.69 Å². The number of hydrogen-bond donors (Lipinski definition) is 1. The number of benzene rings is 1. The molecule has 1 aromatic heterocycles. The molecule has 1 N–H and O–H groups in total. The van der Waals surface area contributed by atoms with Gasteiger partial charge in [-0.05, 0) is 36.4 Å². The lowest BCUT2D eigenvalue weighted by atomic mass is 10.2. The molecule has 0 saturated heterocycles. The van der Waals surface area contributed by atoms with Gasteiger partial charge in [0.15, 0.2) is 0 Å². The van der Waals surface area contributed by atoms with Crippen molar-refractivity contribution in [2.45, 2.75) is 6.61 Å². The van der Waals surface area contributed by atoms with Gasteiger partial charge in [0.2, 0.25) is 0 Å². The number of rotatable bonds is 6. The number of methoxy groups -OCH3 is 1. The minimum atomic E-state index is -0.810. The van der Waals surface area contributed by atoms with Gasteiger partial charge >= 0.3 is 5.97 Å². The van der Waals surface area contributed by atoms with Crippen LogP contribution < -0.4 is 10.1 Å². The number of hydrogen-bond acceptors (Lipinski definition) is 5. The van der Waals surface area contributed by atoms with Crippen LogP contribution in [0.2, 0.25) is 0 Å². The van der Waals surface area contributed by atoms with Crippen molar-refractivity contribution in [1.82, 2.24) is 0 Å². The van der Waals surface area contributed by atoms with Gasteiger partial charge in [0.25, 0.3) is 0 Å². The first-order valence-electron chi connectivity index (χ1n) is 6.56. The van der Waals surface area contributed by atoms with Crippen molar-refractivity contribution >= 4 is 34.7 Å². The van der Waals surface area contributed by atoms with Gasteiger partial charge in [-0.2, -0.15) is 0 Å². The Morgan fingerprint density at radius 3 is 2.65 bits per heavy atom. The highest BCUT2D eigenvalue weighted by Gasteiger charge is 2.15. The Labute approximate surface area is 138 Å². The van der Waals surface area contributed by atoms with Gasteiger partial charge < -0.3 is 24.6 Å². The molecule has 0 aliphatic heterocycles. The van der Waals surface area contributed by atoms with Gasteiger partial charge in [-0.1, -0.05) is 12.2 Å². The Kier molecular flexibility index (Phi) is 5.68. The number of esters is 1. The van der Waals surface area contributed by atoms with Crippen molar-refractivity contribution < 1.29 is 18.7 Å². The molecule has 0 aliphatic rings. The molecular weight excluding hydrogens is 316 g/mol. The third kappa shape index (κ3) is 4.54. The largest absolute Gasteiger partial charge is 0.762 e. The van der Waals surface area contributed by atoms with Crippen LogP contribution in [0.5, 0.6) is 5.75 Å². The molecule has 0 bridgehead atoms. The van der Waals surface area contributed by atoms with Crippen LogP contribution in [0.3, 0.4) is 0 Å². The zero-order valence-electron chi connectivity index (χ0n) is 12.2. The summed E-state index contributed by atoms with van der Waals surface area (Å²) < 4.78 is 15.1. The molecule has 6 nitrogen and oxygen atoms in total. The molecule has 2 rings (SSSR count). The van der Waals surface area contributed by atoms with E-state index in [0.717, 1.165) is 0 Å². The summed E-state index contributed by atoms with van der Waals surface area (Å²) in [7, 11) is 1.56. The molecule has 7 heteroatoms. The summed E-state index contributed by atoms with van der Waals surface area (Å²) in [4.78, 5) is 11.9. The van der Waals surface area contributed by atoms with E-state index in [2.05, 4.69) is 5.32 Å². The first-order chi connectivity index (χ1) is 11.1. The highest BCUT2D eigenvalue weighted by atomic mass is 32.1. The SMILES string of the molecule is COc1ccc(NC(=S)C(=C=[N-])C(=O)OCc2ccco2)cc1. The number of carbonyl (C=O) groups excluding carboxylic acids is 1. The fraction of sp³-hybridized carbons (Fsp3) is 0.125. The van der Waals surface area contributed by atoms with Crippen LogP contribution in [0.15, 0.2) is 52.7 Å². The van der Waals surface area contributed by atoms with Crippen molar-refractivity contribution in [3.05, 3.63) is 59.4 Å². The highest BCUT2D eigenvalue weighted by molar-refractivity contribution is 7.81. The molecule has 1 aromatic carbocycles. The number of thiocarbonyl (C=S) groups is 1. The minimum absolute atomic E-state index is 0.0119. The number of carbonyl (C=O) groups is 1. The normalized spacial score (nSPS) is 9.61. The molecule has 23 heavy (non-hydrogen) atoms. The lowest BCUT2D eigenvalue weighted by Crippen LogP contribution is -2.21. The molecule has 0 saturated carbocycles. The molecule has 0 radical (unpaired) electrons. The molecule has 0 unspecified atom stereocenters. The van der Waals surface area contributed by atoms with E-state index in [1.165, 1.54) is 6.26 Å². The number of nitrogens with zero attached hydrogens (tertiary/aromatic N) is 1. The Hall–Kier alpha value is -2.89. The predicted molar refractivity (Wildman–Crippen MR) is 89.6 cm³/mol. The van der Waals surface area contributed by atoms with Crippen molar-refractivity contribution in [2.24, 2.45) is 0 Å². The maximum atomic E-state index is 11.9. The Morgan fingerprint density at radius 2 is 2.09 bits per heavy atom. The van der Waals surface area contributed by atoms with Gasteiger partial charge in [0.1, 0.15) is 28.7 Å². The van der Waals surface area contributed by atoms with E-state index in [1.807, 2.05) is 0 Å². The molecular formula is C16H13N2O4S-. The lowest BCUT2D eigenvalue weighted by Gasteiger charge is -2.11. The fourth-order valence-corrected chi connectivity index (χ4v) is 1.91. The Morgan fingerprint density at radius 1 is 1.35 bits per heavy atom. The van der Waals surface area contributed by atoms with Crippen LogP contribution in [0, 0.1) is 0 Å². The van der Waals surface area contributed by atoms with Crippen LogP contribution in [0.1, 0.15) is 5.76 Å². The van der Waals surface area contributed by atoms with E-state index in [-0.39, 0.29) is 17.2 Å². The van der Waals surface area contributed by atoms with Crippen LogP contribution in [-0.2, 0) is 16.1 Å². The van der Waals surface area contributed by atoms with Gasteiger partial charge in [-0.15, -0.1) is 0 Å². The van der Waals surface area contributed by atoms with E-state index in [4.69, 9.17) is 31.5 Å². The number of anilines is 1. The Balaban J connectivity index is 1.97. The number of nitrogens with one attached hydrogen (secondary N) is 1. The van der Waals surface area contributed by atoms with Crippen molar-refractivity contribution in [3.63, 3.8) is 0 Å². The maximum Gasteiger partial charge on any atom is 0.347 e. The Bertz CT molecular complexity index is 732. The summed E-state index contributed by atoms with van der Waals surface area (Å²) in [5.74, 6) is 2.11. The van der Waals surface area contributed by atoms with E-state index in [1.54, 1.807) is 49.4 Å². The van der Waals surface area contributed by atoms with Gasteiger partial charge in [-0.3, -0.25) is 5.87 Å². The summed E-state index contributed by atoms with van der Waals surface area (Å²) in [5, 5.41) is 11.9. The smallest absolute Gasteiger partial charge is 0.347 e. The molecule has 0 fully saturated rings. The highest BCUT2D eigenvalue weighted by Crippen LogP contribution is 2.16.